The summed E-state index contributed by atoms with van der Waals surface area (Å²) in [4.78, 5) is 39.2. The molecule has 25 heavy (non-hydrogen) atoms. The zero-order valence-corrected chi connectivity index (χ0v) is 14.4. The fourth-order valence-electron chi connectivity index (χ4n) is 2.69. The van der Waals surface area contributed by atoms with Gasteiger partial charge in [-0.05, 0) is 17.5 Å². The van der Waals surface area contributed by atoms with Gasteiger partial charge in [-0.3, -0.25) is 19.3 Å². The molecular weight excluding hydrogens is 342 g/mol. The van der Waals surface area contributed by atoms with Crippen LogP contribution in [0.15, 0.2) is 39.2 Å². The summed E-state index contributed by atoms with van der Waals surface area (Å²) >= 11 is 1.52. The van der Waals surface area contributed by atoms with E-state index in [1.54, 1.807) is 0 Å². The Morgan fingerprint density at radius 3 is 2.72 bits per heavy atom. The van der Waals surface area contributed by atoms with Crippen molar-refractivity contribution in [1.82, 2.24) is 15.1 Å². The largest absolute Gasteiger partial charge is 0.353 e. The minimum atomic E-state index is -0.724. The number of thiophene rings is 1. The summed E-state index contributed by atoms with van der Waals surface area (Å²) in [5.41, 5.74) is 0.749. The summed E-state index contributed by atoms with van der Waals surface area (Å²) < 4.78 is 0. The average molecular weight is 361 g/mol. The molecule has 0 bridgehead atoms. The standard InChI is InChI=1S/C16H19N5O3S/c22-14-2-1-13(18-19-14)15(23)17-4-5-20-6-8-21(9-7-20)16(24)12-3-10-25-11-12/h1-3,10-11,13H,4-9H2,(H,17,23). The van der Waals surface area contributed by atoms with Crippen molar-refractivity contribution >= 4 is 29.1 Å². The zero-order chi connectivity index (χ0) is 17.6. The first-order chi connectivity index (χ1) is 12.1. The maximum atomic E-state index is 12.3. The molecule has 2 aliphatic rings. The van der Waals surface area contributed by atoms with Gasteiger partial charge in [-0.1, -0.05) is 0 Å². The second-order valence-electron chi connectivity index (χ2n) is 5.79. The molecule has 1 fully saturated rings. The highest BCUT2D eigenvalue weighted by Gasteiger charge is 2.23. The highest BCUT2D eigenvalue weighted by molar-refractivity contribution is 7.08. The van der Waals surface area contributed by atoms with Crippen molar-refractivity contribution in [3.8, 4) is 0 Å². The topological polar surface area (TPSA) is 94.4 Å². The van der Waals surface area contributed by atoms with Crippen LogP contribution in [0.5, 0.6) is 0 Å². The van der Waals surface area contributed by atoms with Gasteiger partial charge in [-0.15, -0.1) is 5.11 Å². The van der Waals surface area contributed by atoms with E-state index in [9.17, 15) is 14.4 Å². The van der Waals surface area contributed by atoms with E-state index in [-0.39, 0.29) is 11.8 Å². The monoisotopic (exact) mass is 361 g/mol. The van der Waals surface area contributed by atoms with Gasteiger partial charge < -0.3 is 10.2 Å². The van der Waals surface area contributed by atoms with E-state index in [0.717, 1.165) is 18.7 Å². The predicted octanol–water partition coefficient (Wildman–Crippen LogP) is 0.539. The number of amides is 3. The number of carbonyl (C=O) groups excluding carboxylic acids is 3. The Bertz CT molecular complexity index is 677. The number of rotatable bonds is 5. The van der Waals surface area contributed by atoms with E-state index in [2.05, 4.69) is 20.4 Å². The molecule has 1 atom stereocenters. The highest BCUT2D eigenvalue weighted by atomic mass is 32.1. The van der Waals surface area contributed by atoms with Crippen LogP contribution in [0.2, 0.25) is 0 Å². The fourth-order valence-corrected chi connectivity index (χ4v) is 3.32. The van der Waals surface area contributed by atoms with Crippen LogP contribution < -0.4 is 5.32 Å². The quantitative estimate of drug-likeness (QED) is 0.828. The molecule has 0 saturated carbocycles. The lowest BCUT2D eigenvalue weighted by molar-refractivity contribution is -0.121. The van der Waals surface area contributed by atoms with Gasteiger partial charge in [0.05, 0.1) is 5.56 Å². The van der Waals surface area contributed by atoms with Gasteiger partial charge in [0, 0.05) is 50.7 Å². The first-order valence-electron chi connectivity index (χ1n) is 8.08. The number of nitrogens with one attached hydrogen (secondary N) is 1. The molecule has 1 aromatic heterocycles. The van der Waals surface area contributed by atoms with Crippen LogP contribution in [-0.2, 0) is 9.59 Å². The van der Waals surface area contributed by atoms with E-state index >= 15 is 0 Å². The van der Waals surface area contributed by atoms with E-state index in [1.165, 1.54) is 23.5 Å². The molecule has 1 N–H and O–H groups in total. The second-order valence-corrected chi connectivity index (χ2v) is 6.57. The minimum Gasteiger partial charge on any atom is -0.353 e. The summed E-state index contributed by atoms with van der Waals surface area (Å²) in [6.45, 7) is 4.13. The van der Waals surface area contributed by atoms with Gasteiger partial charge in [0.25, 0.3) is 17.7 Å². The van der Waals surface area contributed by atoms with Gasteiger partial charge in [0.15, 0.2) is 6.04 Å². The predicted molar refractivity (Wildman–Crippen MR) is 92.5 cm³/mol. The molecule has 132 valence electrons. The van der Waals surface area contributed by atoms with Crippen LogP contribution in [0.3, 0.4) is 0 Å². The Labute approximate surface area is 149 Å². The Hall–Kier alpha value is -2.39. The summed E-state index contributed by atoms with van der Waals surface area (Å²) in [5, 5.41) is 13.6. The van der Waals surface area contributed by atoms with Crippen molar-refractivity contribution in [2.45, 2.75) is 6.04 Å². The van der Waals surface area contributed by atoms with Crippen molar-refractivity contribution in [3.05, 3.63) is 34.5 Å². The molecule has 2 aliphatic heterocycles. The van der Waals surface area contributed by atoms with Gasteiger partial charge in [-0.2, -0.15) is 16.5 Å². The van der Waals surface area contributed by atoms with Gasteiger partial charge >= 0.3 is 0 Å². The van der Waals surface area contributed by atoms with Crippen molar-refractivity contribution in [2.75, 3.05) is 39.3 Å². The number of hydrogen-bond acceptors (Lipinski definition) is 6. The minimum absolute atomic E-state index is 0.0817. The van der Waals surface area contributed by atoms with Gasteiger partial charge in [0.2, 0.25) is 0 Å². The number of carbonyl (C=O) groups is 3. The van der Waals surface area contributed by atoms with Crippen molar-refractivity contribution in [2.24, 2.45) is 10.2 Å². The van der Waals surface area contributed by atoms with E-state index < -0.39 is 11.9 Å². The molecule has 1 saturated heterocycles. The van der Waals surface area contributed by atoms with Crippen molar-refractivity contribution in [1.29, 1.82) is 0 Å². The highest BCUT2D eigenvalue weighted by Crippen LogP contribution is 2.11. The van der Waals surface area contributed by atoms with Crippen LogP contribution in [0, 0.1) is 0 Å². The smallest absolute Gasteiger partial charge is 0.287 e. The van der Waals surface area contributed by atoms with E-state index in [0.29, 0.717) is 26.2 Å². The van der Waals surface area contributed by atoms with Crippen molar-refractivity contribution in [3.63, 3.8) is 0 Å². The number of hydrogen-bond donors (Lipinski definition) is 1. The van der Waals surface area contributed by atoms with E-state index in [4.69, 9.17) is 0 Å². The molecule has 3 heterocycles. The molecule has 0 aromatic carbocycles. The molecule has 1 aromatic rings. The van der Waals surface area contributed by atoms with Crippen LogP contribution in [-0.4, -0.2) is 72.8 Å². The third kappa shape index (κ3) is 4.58. The molecule has 1 unspecified atom stereocenters. The average Bonchev–Trinajstić information content (AvgIpc) is 3.17. The zero-order valence-electron chi connectivity index (χ0n) is 13.6. The SMILES string of the molecule is O=C1C=CC(C(=O)NCCN2CCN(C(=O)c3ccsc3)CC2)N=N1. The summed E-state index contributed by atoms with van der Waals surface area (Å²) in [6, 6.07) is 1.12. The molecule has 3 amide bonds. The molecule has 0 aliphatic carbocycles. The molecule has 8 nitrogen and oxygen atoms in total. The first-order valence-corrected chi connectivity index (χ1v) is 9.02. The number of azo groups is 1. The fraction of sp³-hybridized carbons (Fsp3) is 0.438. The third-order valence-corrected chi connectivity index (χ3v) is 4.81. The third-order valence-electron chi connectivity index (χ3n) is 4.13. The second kappa shape index (κ2) is 8.13. The van der Waals surface area contributed by atoms with Crippen molar-refractivity contribution < 1.29 is 14.4 Å². The maximum absolute atomic E-state index is 12.3. The summed E-state index contributed by atoms with van der Waals surface area (Å²) in [7, 11) is 0. The number of piperazine rings is 1. The summed E-state index contributed by atoms with van der Waals surface area (Å²) in [5.74, 6) is -0.629. The van der Waals surface area contributed by atoms with Crippen LogP contribution >= 0.6 is 11.3 Å². The lowest BCUT2D eigenvalue weighted by Gasteiger charge is -2.34. The normalized spacial score (nSPS) is 20.7. The molecular formula is C16H19N5O3S. The molecule has 9 heteroatoms. The number of nitrogens with zero attached hydrogens (tertiary/aromatic N) is 4. The van der Waals surface area contributed by atoms with Crippen LogP contribution in [0.1, 0.15) is 10.4 Å². The Balaban J connectivity index is 1.36. The maximum Gasteiger partial charge on any atom is 0.287 e. The lowest BCUT2D eigenvalue weighted by Crippen LogP contribution is -2.50. The van der Waals surface area contributed by atoms with E-state index in [1.807, 2.05) is 21.7 Å². The van der Waals surface area contributed by atoms with Crippen LogP contribution in [0.4, 0.5) is 0 Å². The Morgan fingerprint density at radius 2 is 2.08 bits per heavy atom. The molecule has 0 spiro atoms. The Morgan fingerprint density at radius 1 is 1.28 bits per heavy atom. The van der Waals surface area contributed by atoms with Gasteiger partial charge in [0.1, 0.15) is 0 Å². The lowest BCUT2D eigenvalue weighted by atomic mass is 10.2. The molecule has 0 radical (unpaired) electrons. The van der Waals surface area contributed by atoms with Crippen LogP contribution in [0.25, 0.3) is 0 Å². The first kappa shape index (κ1) is 17.4. The summed E-state index contributed by atoms with van der Waals surface area (Å²) in [6.07, 6.45) is 2.69. The van der Waals surface area contributed by atoms with Gasteiger partial charge in [-0.25, -0.2) is 0 Å². The molecule has 3 rings (SSSR count). The Kier molecular flexibility index (Phi) is 5.67.